The number of hydrogen-bond donors (Lipinski definition) is 4. The number of aliphatic hydroxyl groups is 2. The molecule has 2 aromatic carbocycles. The van der Waals surface area contributed by atoms with Gasteiger partial charge in [-0.2, -0.15) is 0 Å². The predicted octanol–water partition coefficient (Wildman–Crippen LogP) is 1.57. The van der Waals surface area contributed by atoms with Crippen LogP contribution in [0.25, 0.3) is 0 Å². The lowest BCUT2D eigenvalue weighted by atomic mass is 10.2. The van der Waals surface area contributed by atoms with Crippen molar-refractivity contribution in [3.05, 3.63) is 48.0 Å². The van der Waals surface area contributed by atoms with Crippen LogP contribution in [0.3, 0.4) is 0 Å². The van der Waals surface area contributed by atoms with Gasteiger partial charge in [-0.25, -0.2) is 8.42 Å². The van der Waals surface area contributed by atoms with E-state index in [-0.39, 0.29) is 18.0 Å². The molecule has 2 aromatic rings. The number of rotatable bonds is 8. The van der Waals surface area contributed by atoms with Gasteiger partial charge in [-0.3, -0.25) is 4.72 Å². The molecule has 2 rings (SSSR count). The Morgan fingerprint density at radius 1 is 1.16 bits per heavy atom. The van der Waals surface area contributed by atoms with Gasteiger partial charge in [-0.05, 0) is 48.9 Å². The average molecular weight is 366 g/mol. The highest BCUT2D eigenvalue weighted by Crippen LogP contribution is 2.28. The molecule has 0 saturated carbocycles. The lowest BCUT2D eigenvalue weighted by Crippen LogP contribution is -2.22. The number of nitrogens with one attached hydrogen (secondary N) is 2. The fourth-order valence-corrected chi connectivity index (χ4v) is 3.22. The summed E-state index contributed by atoms with van der Waals surface area (Å²) in [6.07, 6.45) is -0.876. The van der Waals surface area contributed by atoms with Gasteiger partial charge in [0.2, 0.25) is 0 Å². The minimum Gasteiger partial charge on any atom is -0.495 e. The molecule has 0 aliphatic rings. The molecule has 0 bridgehead atoms. The highest BCUT2D eigenvalue weighted by Gasteiger charge is 2.16. The first-order valence-corrected chi connectivity index (χ1v) is 9.14. The van der Waals surface area contributed by atoms with E-state index in [1.165, 1.54) is 19.2 Å². The molecule has 0 aliphatic carbocycles. The van der Waals surface area contributed by atoms with Crippen molar-refractivity contribution < 1.29 is 23.4 Å². The van der Waals surface area contributed by atoms with E-state index in [2.05, 4.69) is 10.0 Å². The lowest BCUT2D eigenvalue weighted by molar-refractivity contribution is 0.105. The van der Waals surface area contributed by atoms with Gasteiger partial charge in [0.25, 0.3) is 10.0 Å². The Hall–Kier alpha value is -2.29. The number of hydrogen-bond acceptors (Lipinski definition) is 6. The summed E-state index contributed by atoms with van der Waals surface area (Å²) in [7, 11) is -2.29. The van der Waals surface area contributed by atoms with Gasteiger partial charge in [0.05, 0.1) is 30.4 Å². The van der Waals surface area contributed by atoms with Gasteiger partial charge in [-0.1, -0.05) is 6.07 Å². The van der Waals surface area contributed by atoms with E-state index in [0.717, 1.165) is 5.56 Å². The zero-order valence-electron chi connectivity index (χ0n) is 14.1. The minimum atomic E-state index is -3.76. The van der Waals surface area contributed by atoms with Crippen LogP contribution in [0.15, 0.2) is 47.4 Å². The fraction of sp³-hybridized carbons (Fsp3) is 0.294. The summed E-state index contributed by atoms with van der Waals surface area (Å²) < 4.78 is 32.8. The Morgan fingerprint density at radius 2 is 1.84 bits per heavy atom. The molecule has 0 spiro atoms. The number of aryl methyl sites for hydroxylation is 1. The van der Waals surface area contributed by atoms with Crippen molar-refractivity contribution in [2.45, 2.75) is 17.9 Å². The molecular formula is C17H22N2O5S. The second kappa shape index (κ2) is 8.19. The van der Waals surface area contributed by atoms with Crippen LogP contribution in [0, 0.1) is 6.92 Å². The molecule has 4 N–H and O–H groups in total. The molecule has 25 heavy (non-hydrogen) atoms. The Labute approximate surface area is 147 Å². The van der Waals surface area contributed by atoms with Crippen molar-refractivity contribution in [1.29, 1.82) is 0 Å². The third kappa shape index (κ3) is 5.09. The van der Waals surface area contributed by atoms with Crippen LogP contribution in [-0.4, -0.2) is 45.0 Å². The molecule has 8 heteroatoms. The topological polar surface area (TPSA) is 108 Å². The number of anilines is 2. The molecular weight excluding hydrogens is 344 g/mol. The van der Waals surface area contributed by atoms with Crippen LogP contribution in [0.2, 0.25) is 0 Å². The molecule has 7 nitrogen and oxygen atoms in total. The van der Waals surface area contributed by atoms with E-state index in [4.69, 9.17) is 9.84 Å². The zero-order chi connectivity index (χ0) is 18.4. The molecule has 1 unspecified atom stereocenters. The largest absolute Gasteiger partial charge is 0.495 e. The molecule has 0 aromatic heterocycles. The van der Waals surface area contributed by atoms with Crippen molar-refractivity contribution in [2.75, 3.05) is 30.3 Å². The van der Waals surface area contributed by atoms with E-state index >= 15 is 0 Å². The van der Waals surface area contributed by atoms with Crippen LogP contribution < -0.4 is 14.8 Å². The van der Waals surface area contributed by atoms with Crippen LogP contribution in [0.1, 0.15) is 5.56 Å². The SMILES string of the molecule is COc1ccc(C)cc1NS(=O)(=O)c1ccc(NCC(O)CO)cc1. The summed E-state index contributed by atoms with van der Waals surface area (Å²) in [6, 6.07) is 11.3. The Kier molecular flexibility index (Phi) is 6.24. The van der Waals surface area contributed by atoms with Gasteiger partial charge >= 0.3 is 0 Å². The van der Waals surface area contributed by atoms with Gasteiger partial charge in [-0.15, -0.1) is 0 Å². The highest BCUT2D eigenvalue weighted by molar-refractivity contribution is 7.92. The molecule has 0 saturated heterocycles. The average Bonchev–Trinajstić information content (AvgIpc) is 2.60. The number of sulfonamides is 1. The second-order valence-electron chi connectivity index (χ2n) is 5.55. The summed E-state index contributed by atoms with van der Waals surface area (Å²) >= 11 is 0. The molecule has 0 fully saturated rings. The standard InChI is InChI=1S/C17H22N2O5S/c1-12-3-8-17(24-2)16(9-12)19-25(22,23)15-6-4-13(5-7-15)18-10-14(21)11-20/h3-9,14,18-21H,10-11H2,1-2H3. The third-order valence-corrected chi connectivity index (χ3v) is 4.90. The van der Waals surface area contributed by atoms with E-state index in [9.17, 15) is 13.5 Å². The second-order valence-corrected chi connectivity index (χ2v) is 7.23. The first-order chi connectivity index (χ1) is 11.9. The fourth-order valence-electron chi connectivity index (χ4n) is 2.16. The third-order valence-electron chi connectivity index (χ3n) is 3.52. The number of aliphatic hydroxyl groups excluding tert-OH is 2. The first-order valence-electron chi connectivity index (χ1n) is 7.66. The van der Waals surface area contributed by atoms with Crippen molar-refractivity contribution in [3.63, 3.8) is 0 Å². The normalized spacial score (nSPS) is 12.5. The molecule has 0 amide bonds. The zero-order valence-corrected chi connectivity index (χ0v) is 14.9. The molecule has 0 aliphatic heterocycles. The monoisotopic (exact) mass is 366 g/mol. The minimum absolute atomic E-state index is 0.101. The Morgan fingerprint density at radius 3 is 2.44 bits per heavy atom. The van der Waals surface area contributed by atoms with Gasteiger partial charge in [0.1, 0.15) is 5.75 Å². The van der Waals surface area contributed by atoms with Crippen molar-refractivity contribution in [3.8, 4) is 5.75 Å². The Balaban J connectivity index is 2.16. The van der Waals surface area contributed by atoms with Crippen LogP contribution in [0.4, 0.5) is 11.4 Å². The van der Waals surface area contributed by atoms with E-state index in [1.54, 1.807) is 24.3 Å². The number of ether oxygens (including phenoxy) is 1. The van der Waals surface area contributed by atoms with Gasteiger partial charge < -0.3 is 20.3 Å². The maximum atomic E-state index is 12.5. The van der Waals surface area contributed by atoms with Crippen LogP contribution >= 0.6 is 0 Å². The maximum absolute atomic E-state index is 12.5. The van der Waals surface area contributed by atoms with E-state index in [1.807, 2.05) is 13.0 Å². The summed E-state index contributed by atoms with van der Waals surface area (Å²) in [4.78, 5) is 0.101. The number of methoxy groups -OCH3 is 1. The molecule has 0 heterocycles. The van der Waals surface area contributed by atoms with Crippen molar-refractivity contribution >= 4 is 21.4 Å². The van der Waals surface area contributed by atoms with Crippen molar-refractivity contribution in [1.82, 2.24) is 0 Å². The van der Waals surface area contributed by atoms with Crippen LogP contribution in [-0.2, 0) is 10.0 Å². The summed E-state index contributed by atoms with van der Waals surface area (Å²) in [5.41, 5.74) is 1.91. The highest BCUT2D eigenvalue weighted by atomic mass is 32.2. The maximum Gasteiger partial charge on any atom is 0.262 e. The van der Waals surface area contributed by atoms with Gasteiger partial charge in [0.15, 0.2) is 0 Å². The number of benzene rings is 2. The molecule has 136 valence electrons. The predicted molar refractivity (Wildman–Crippen MR) is 96.6 cm³/mol. The van der Waals surface area contributed by atoms with Crippen LogP contribution in [0.5, 0.6) is 5.75 Å². The first kappa shape index (κ1) is 19.0. The molecule has 0 radical (unpaired) electrons. The van der Waals surface area contributed by atoms with Gasteiger partial charge in [0, 0.05) is 12.2 Å². The summed E-state index contributed by atoms with van der Waals surface area (Å²) in [6.45, 7) is 1.68. The summed E-state index contributed by atoms with van der Waals surface area (Å²) in [5.74, 6) is 0.436. The lowest BCUT2D eigenvalue weighted by Gasteiger charge is -2.13. The summed E-state index contributed by atoms with van der Waals surface area (Å²) in [5, 5.41) is 21.0. The smallest absolute Gasteiger partial charge is 0.262 e. The quantitative estimate of drug-likeness (QED) is 0.565. The molecule has 1 atom stereocenters. The van der Waals surface area contributed by atoms with E-state index in [0.29, 0.717) is 17.1 Å². The van der Waals surface area contributed by atoms with E-state index < -0.39 is 16.1 Å². The Bertz CT molecular complexity index is 806. The van der Waals surface area contributed by atoms with Crippen molar-refractivity contribution in [2.24, 2.45) is 0 Å².